The molecular weight excluding hydrogens is 346 g/mol. The van der Waals surface area contributed by atoms with Crippen molar-refractivity contribution >= 4 is 33.3 Å². The number of carbonyl (C=O) groups is 2. The molecular formula is C17H16BrNO3. The Kier molecular flexibility index (Phi) is 5.33. The third-order valence-electron chi connectivity index (χ3n) is 3.00. The van der Waals surface area contributed by atoms with Gasteiger partial charge in [0.25, 0.3) is 0 Å². The molecule has 2 rings (SSSR count). The minimum Gasteiger partial charge on any atom is -0.488 e. The predicted molar refractivity (Wildman–Crippen MR) is 89.2 cm³/mol. The van der Waals surface area contributed by atoms with E-state index in [4.69, 9.17) is 4.74 Å². The SMILES string of the molecule is CC(=O)Nc1cc(OCc2ccccc2)c(C(C)=O)cc1Br. The molecule has 4 nitrogen and oxygen atoms in total. The van der Waals surface area contributed by atoms with E-state index in [-0.39, 0.29) is 11.7 Å². The van der Waals surface area contributed by atoms with Crippen LogP contribution in [0.25, 0.3) is 0 Å². The van der Waals surface area contributed by atoms with E-state index in [0.29, 0.717) is 28.1 Å². The molecule has 0 atom stereocenters. The topological polar surface area (TPSA) is 55.4 Å². The van der Waals surface area contributed by atoms with Gasteiger partial charge in [-0.25, -0.2) is 0 Å². The molecule has 0 bridgehead atoms. The number of anilines is 1. The third-order valence-corrected chi connectivity index (χ3v) is 3.65. The highest BCUT2D eigenvalue weighted by Gasteiger charge is 2.14. The highest BCUT2D eigenvalue weighted by atomic mass is 79.9. The fourth-order valence-electron chi connectivity index (χ4n) is 1.97. The van der Waals surface area contributed by atoms with Crippen molar-refractivity contribution in [2.24, 2.45) is 0 Å². The Morgan fingerprint density at radius 3 is 2.41 bits per heavy atom. The quantitative estimate of drug-likeness (QED) is 0.812. The molecule has 2 aromatic rings. The largest absolute Gasteiger partial charge is 0.488 e. The van der Waals surface area contributed by atoms with Crippen molar-refractivity contribution in [3.05, 3.63) is 58.1 Å². The van der Waals surface area contributed by atoms with E-state index in [1.807, 2.05) is 30.3 Å². The lowest BCUT2D eigenvalue weighted by Crippen LogP contribution is -2.08. The lowest BCUT2D eigenvalue weighted by Gasteiger charge is -2.14. The Morgan fingerprint density at radius 1 is 1.14 bits per heavy atom. The summed E-state index contributed by atoms with van der Waals surface area (Å²) in [6.45, 7) is 3.26. The van der Waals surface area contributed by atoms with E-state index in [2.05, 4.69) is 21.2 Å². The first-order valence-electron chi connectivity index (χ1n) is 6.76. The molecule has 0 radical (unpaired) electrons. The van der Waals surface area contributed by atoms with Gasteiger partial charge in [-0.05, 0) is 34.5 Å². The Balaban J connectivity index is 2.30. The van der Waals surface area contributed by atoms with Gasteiger partial charge in [-0.3, -0.25) is 9.59 Å². The molecule has 114 valence electrons. The van der Waals surface area contributed by atoms with Gasteiger partial charge in [0.15, 0.2) is 5.78 Å². The number of benzene rings is 2. The summed E-state index contributed by atoms with van der Waals surface area (Å²) in [5.41, 5.74) is 2.04. The Morgan fingerprint density at radius 2 is 1.82 bits per heavy atom. The Bertz CT molecular complexity index is 699. The summed E-state index contributed by atoms with van der Waals surface area (Å²) in [5.74, 6) is 0.159. The first-order valence-corrected chi connectivity index (χ1v) is 7.55. The molecule has 0 fully saturated rings. The fraction of sp³-hybridized carbons (Fsp3) is 0.176. The summed E-state index contributed by atoms with van der Waals surface area (Å²) in [7, 11) is 0. The number of nitrogens with one attached hydrogen (secondary N) is 1. The number of hydrogen-bond acceptors (Lipinski definition) is 3. The van der Waals surface area contributed by atoms with Gasteiger partial charge in [0.1, 0.15) is 12.4 Å². The second-order valence-electron chi connectivity index (χ2n) is 4.84. The minimum absolute atomic E-state index is 0.0989. The number of rotatable bonds is 5. The maximum Gasteiger partial charge on any atom is 0.221 e. The molecule has 22 heavy (non-hydrogen) atoms. The van der Waals surface area contributed by atoms with E-state index < -0.39 is 0 Å². The molecule has 2 aromatic carbocycles. The van der Waals surface area contributed by atoms with Gasteiger partial charge in [-0.1, -0.05) is 30.3 Å². The number of Topliss-reactive ketones (excluding diaryl/α,β-unsaturated/α-hetero) is 1. The number of carbonyl (C=O) groups excluding carboxylic acids is 2. The number of hydrogen-bond donors (Lipinski definition) is 1. The van der Waals surface area contributed by atoms with E-state index in [1.54, 1.807) is 12.1 Å². The number of halogens is 1. The number of ether oxygens (including phenoxy) is 1. The average Bonchev–Trinajstić information content (AvgIpc) is 2.48. The van der Waals surface area contributed by atoms with Crippen LogP contribution in [0, 0.1) is 0 Å². The van der Waals surface area contributed by atoms with Crippen LogP contribution in [-0.2, 0) is 11.4 Å². The first-order chi connectivity index (χ1) is 10.5. The monoisotopic (exact) mass is 361 g/mol. The van der Waals surface area contributed by atoms with Gasteiger partial charge in [-0.2, -0.15) is 0 Å². The molecule has 0 spiro atoms. The van der Waals surface area contributed by atoms with E-state index in [0.717, 1.165) is 5.56 Å². The number of amides is 1. The molecule has 0 saturated carbocycles. The van der Waals surface area contributed by atoms with Crippen LogP contribution in [-0.4, -0.2) is 11.7 Å². The van der Waals surface area contributed by atoms with Crippen LogP contribution in [0.2, 0.25) is 0 Å². The van der Waals surface area contributed by atoms with E-state index in [9.17, 15) is 9.59 Å². The van der Waals surface area contributed by atoms with Crippen molar-refractivity contribution in [3.63, 3.8) is 0 Å². The minimum atomic E-state index is -0.190. The van der Waals surface area contributed by atoms with Crippen LogP contribution in [0.15, 0.2) is 46.9 Å². The summed E-state index contributed by atoms with van der Waals surface area (Å²) < 4.78 is 6.41. The average molecular weight is 362 g/mol. The van der Waals surface area contributed by atoms with Gasteiger partial charge in [0.2, 0.25) is 5.91 Å². The van der Waals surface area contributed by atoms with Crippen LogP contribution >= 0.6 is 15.9 Å². The summed E-state index contributed by atoms with van der Waals surface area (Å²) >= 11 is 3.35. The molecule has 0 saturated heterocycles. The maximum atomic E-state index is 11.8. The zero-order valence-corrected chi connectivity index (χ0v) is 13.9. The molecule has 0 aromatic heterocycles. The zero-order chi connectivity index (χ0) is 16.1. The molecule has 1 amide bonds. The molecule has 0 unspecified atom stereocenters. The van der Waals surface area contributed by atoms with Crippen LogP contribution in [0.1, 0.15) is 29.8 Å². The van der Waals surface area contributed by atoms with Crippen molar-refractivity contribution < 1.29 is 14.3 Å². The smallest absolute Gasteiger partial charge is 0.221 e. The van der Waals surface area contributed by atoms with Crippen LogP contribution in [0.3, 0.4) is 0 Å². The van der Waals surface area contributed by atoms with Crippen LogP contribution < -0.4 is 10.1 Å². The molecule has 0 aliphatic carbocycles. The molecule has 0 aliphatic heterocycles. The van der Waals surface area contributed by atoms with Gasteiger partial charge in [0.05, 0.1) is 11.3 Å². The second-order valence-corrected chi connectivity index (χ2v) is 5.69. The van der Waals surface area contributed by atoms with Crippen molar-refractivity contribution in [2.45, 2.75) is 20.5 Å². The van der Waals surface area contributed by atoms with Crippen LogP contribution in [0.4, 0.5) is 5.69 Å². The summed E-state index contributed by atoms with van der Waals surface area (Å²) in [6, 6.07) is 13.0. The normalized spacial score (nSPS) is 10.1. The predicted octanol–water partition coefficient (Wildman–Crippen LogP) is 4.19. The van der Waals surface area contributed by atoms with Crippen molar-refractivity contribution in [1.29, 1.82) is 0 Å². The number of ketones is 1. The van der Waals surface area contributed by atoms with E-state index >= 15 is 0 Å². The van der Waals surface area contributed by atoms with Crippen LogP contribution in [0.5, 0.6) is 5.75 Å². The standard InChI is InChI=1S/C17H16BrNO3/c1-11(20)14-8-15(18)16(19-12(2)21)9-17(14)22-10-13-6-4-3-5-7-13/h3-9H,10H2,1-2H3,(H,19,21). The van der Waals surface area contributed by atoms with Gasteiger partial charge in [0, 0.05) is 17.5 Å². The molecule has 5 heteroatoms. The fourth-order valence-corrected chi connectivity index (χ4v) is 2.41. The first kappa shape index (κ1) is 16.2. The van der Waals surface area contributed by atoms with E-state index in [1.165, 1.54) is 13.8 Å². The van der Waals surface area contributed by atoms with Crippen molar-refractivity contribution in [1.82, 2.24) is 0 Å². The molecule has 0 heterocycles. The summed E-state index contributed by atoms with van der Waals surface area (Å²) in [6.07, 6.45) is 0. The van der Waals surface area contributed by atoms with Gasteiger partial charge < -0.3 is 10.1 Å². The zero-order valence-electron chi connectivity index (χ0n) is 12.4. The highest BCUT2D eigenvalue weighted by molar-refractivity contribution is 9.10. The molecule has 1 N–H and O–H groups in total. The summed E-state index contributed by atoms with van der Waals surface area (Å²) in [5, 5.41) is 2.70. The Hall–Kier alpha value is -2.14. The van der Waals surface area contributed by atoms with Gasteiger partial charge in [-0.15, -0.1) is 0 Å². The maximum absolute atomic E-state index is 11.8. The van der Waals surface area contributed by atoms with Crippen molar-refractivity contribution in [2.75, 3.05) is 5.32 Å². The summed E-state index contributed by atoms with van der Waals surface area (Å²) in [4.78, 5) is 23.0. The third kappa shape index (κ3) is 4.18. The Labute approximate surface area is 137 Å². The van der Waals surface area contributed by atoms with Crippen molar-refractivity contribution in [3.8, 4) is 5.75 Å². The second kappa shape index (κ2) is 7.22. The lowest BCUT2D eigenvalue weighted by molar-refractivity contribution is -0.114. The molecule has 0 aliphatic rings. The van der Waals surface area contributed by atoms with Gasteiger partial charge >= 0.3 is 0 Å². The highest BCUT2D eigenvalue weighted by Crippen LogP contribution is 2.32. The lowest BCUT2D eigenvalue weighted by atomic mass is 10.1.